The number of ether oxygens (including phenoxy) is 2. The fourth-order valence-corrected chi connectivity index (χ4v) is 12.2. The molecular formula is C74H143NO8. The van der Waals surface area contributed by atoms with E-state index < -0.39 is 49.5 Å². The number of hydrogen-bond acceptors (Lipinski definition) is 8. The fraction of sp³-hybridized carbons (Fsp3) is 0.932. The molecule has 1 aliphatic heterocycles. The van der Waals surface area contributed by atoms with E-state index >= 15 is 0 Å². The smallest absolute Gasteiger partial charge is 0.220 e. The predicted octanol–water partition coefficient (Wildman–Crippen LogP) is 20.4. The van der Waals surface area contributed by atoms with Gasteiger partial charge < -0.3 is 40.3 Å². The summed E-state index contributed by atoms with van der Waals surface area (Å²) >= 11 is 0. The molecule has 7 atom stereocenters. The van der Waals surface area contributed by atoms with E-state index in [0.717, 1.165) is 38.5 Å². The van der Waals surface area contributed by atoms with Crippen molar-refractivity contribution in [3.8, 4) is 0 Å². The molecule has 9 heteroatoms. The normalized spacial score (nSPS) is 18.3. The van der Waals surface area contributed by atoms with Crippen molar-refractivity contribution in [1.82, 2.24) is 5.32 Å². The van der Waals surface area contributed by atoms with Crippen molar-refractivity contribution < 1.29 is 39.8 Å². The highest BCUT2D eigenvalue weighted by atomic mass is 16.7. The van der Waals surface area contributed by atoms with Crippen LogP contribution in [0.25, 0.3) is 0 Å². The number of amides is 1. The van der Waals surface area contributed by atoms with Crippen LogP contribution in [0.5, 0.6) is 0 Å². The second-order valence-electron chi connectivity index (χ2n) is 26.1. The van der Waals surface area contributed by atoms with Crippen LogP contribution < -0.4 is 5.32 Å². The molecule has 83 heavy (non-hydrogen) atoms. The summed E-state index contributed by atoms with van der Waals surface area (Å²) in [6, 6.07) is -0.820. The van der Waals surface area contributed by atoms with E-state index in [1.807, 2.05) is 6.08 Å². The summed E-state index contributed by atoms with van der Waals surface area (Å²) in [6.07, 6.45) is 77.4. The molecule has 1 rings (SSSR count). The van der Waals surface area contributed by atoms with Gasteiger partial charge in [-0.05, 0) is 32.1 Å². The Labute approximate surface area is 515 Å². The second-order valence-corrected chi connectivity index (χ2v) is 26.1. The van der Waals surface area contributed by atoms with Gasteiger partial charge in [-0.2, -0.15) is 0 Å². The lowest BCUT2D eigenvalue weighted by atomic mass is 9.99. The Morgan fingerprint density at radius 1 is 0.398 bits per heavy atom. The van der Waals surface area contributed by atoms with E-state index in [0.29, 0.717) is 6.42 Å². The highest BCUT2D eigenvalue weighted by molar-refractivity contribution is 5.76. The molecule has 6 N–H and O–H groups in total. The van der Waals surface area contributed by atoms with Crippen molar-refractivity contribution in [2.24, 2.45) is 0 Å². The van der Waals surface area contributed by atoms with Gasteiger partial charge in [0.25, 0.3) is 0 Å². The molecule has 1 heterocycles. The van der Waals surface area contributed by atoms with E-state index in [9.17, 15) is 30.3 Å². The minimum absolute atomic E-state index is 0.177. The third-order valence-electron chi connectivity index (χ3n) is 18.0. The number of nitrogens with one attached hydrogen (secondary N) is 1. The maximum Gasteiger partial charge on any atom is 0.220 e. The molecule has 0 aromatic rings. The third kappa shape index (κ3) is 52.3. The van der Waals surface area contributed by atoms with Crippen LogP contribution in [0.1, 0.15) is 386 Å². The third-order valence-corrected chi connectivity index (χ3v) is 18.0. The van der Waals surface area contributed by atoms with E-state index in [-0.39, 0.29) is 12.5 Å². The van der Waals surface area contributed by atoms with Gasteiger partial charge in [0.1, 0.15) is 24.4 Å². The topological polar surface area (TPSA) is 149 Å². The number of carbonyl (C=O) groups is 1. The van der Waals surface area contributed by atoms with Gasteiger partial charge in [-0.3, -0.25) is 4.79 Å². The first kappa shape index (κ1) is 79.7. The van der Waals surface area contributed by atoms with E-state index in [4.69, 9.17) is 9.47 Å². The first-order valence-electron chi connectivity index (χ1n) is 37.1. The van der Waals surface area contributed by atoms with Crippen LogP contribution in [-0.4, -0.2) is 87.5 Å². The number of allylic oxidation sites excluding steroid dienone is 3. The van der Waals surface area contributed by atoms with Crippen LogP contribution in [0.4, 0.5) is 0 Å². The van der Waals surface area contributed by atoms with Crippen LogP contribution in [0.2, 0.25) is 0 Å². The molecule has 9 nitrogen and oxygen atoms in total. The number of aliphatic hydroxyl groups is 5. The lowest BCUT2D eigenvalue weighted by Crippen LogP contribution is -2.60. The number of hydrogen-bond donors (Lipinski definition) is 6. The molecular weight excluding hydrogens is 1030 g/mol. The first-order valence-corrected chi connectivity index (χ1v) is 37.1. The summed E-state index contributed by atoms with van der Waals surface area (Å²) < 4.78 is 11.3. The van der Waals surface area contributed by atoms with Gasteiger partial charge in [0.2, 0.25) is 5.91 Å². The summed E-state index contributed by atoms with van der Waals surface area (Å²) in [5, 5.41) is 54.8. The average Bonchev–Trinajstić information content (AvgIpc) is 3.50. The molecule has 0 bridgehead atoms. The zero-order valence-electron chi connectivity index (χ0n) is 55.2. The minimum Gasteiger partial charge on any atom is -0.394 e. The molecule has 1 saturated heterocycles. The van der Waals surface area contributed by atoms with Gasteiger partial charge in [0.05, 0.1) is 25.4 Å². The quantitative estimate of drug-likeness (QED) is 0.0261. The fourth-order valence-electron chi connectivity index (χ4n) is 12.2. The van der Waals surface area contributed by atoms with Gasteiger partial charge in [-0.1, -0.05) is 372 Å². The molecule has 0 saturated carbocycles. The highest BCUT2D eigenvalue weighted by Gasteiger charge is 2.44. The summed E-state index contributed by atoms with van der Waals surface area (Å²) in [5.41, 5.74) is 0. The van der Waals surface area contributed by atoms with Crippen molar-refractivity contribution in [2.45, 2.75) is 429 Å². The standard InChI is InChI=1S/C74H143NO8/c1-3-5-7-9-11-13-15-17-19-21-23-25-27-29-31-33-34-36-37-39-41-43-45-47-49-51-53-55-57-59-61-63-68(77)67(66-82-74-73(81)72(80)71(79)69(65-76)83-74)75-70(78)64-62-60-58-56-54-52-50-48-46-44-42-40-38-35-32-30-28-26-24-22-20-18-16-14-12-10-8-6-4-2/h53,55,61,63,67-69,71-74,76-77,79-81H,3-52,54,56-60,62,64-66H2,1-2H3,(H,75,78)/b55-53+,63-61+. The Morgan fingerprint density at radius 2 is 0.687 bits per heavy atom. The largest absolute Gasteiger partial charge is 0.394 e. The van der Waals surface area contributed by atoms with Crippen LogP contribution in [0, 0.1) is 0 Å². The number of rotatable bonds is 66. The first-order chi connectivity index (χ1) is 40.8. The summed E-state index contributed by atoms with van der Waals surface area (Å²) in [7, 11) is 0. The molecule has 1 fully saturated rings. The Kier molecular flexibility index (Phi) is 61.1. The number of carbonyl (C=O) groups excluding carboxylic acids is 1. The van der Waals surface area contributed by atoms with Crippen molar-refractivity contribution in [1.29, 1.82) is 0 Å². The molecule has 0 aromatic heterocycles. The zero-order valence-corrected chi connectivity index (χ0v) is 55.2. The van der Waals surface area contributed by atoms with Crippen LogP contribution in [0.3, 0.4) is 0 Å². The van der Waals surface area contributed by atoms with Gasteiger partial charge in [-0.25, -0.2) is 0 Å². The van der Waals surface area contributed by atoms with Crippen LogP contribution in [0.15, 0.2) is 24.3 Å². The van der Waals surface area contributed by atoms with Crippen molar-refractivity contribution in [3.05, 3.63) is 24.3 Å². The minimum atomic E-state index is -1.57. The van der Waals surface area contributed by atoms with Crippen molar-refractivity contribution in [3.63, 3.8) is 0 Å². The molecule has 0 aliphatic carbocycles. The summed E-state index contributed by atoms with van der Waals surface area (Å²) in [4.78, 5) is 13.1. The number of aliphatic hydroxyl groups excluding tert-OH is 5. The molecule has 1 aliphatic rings. The monoisotopic (exact) mass is 1170 g/mol. The van der Waals surface area contributed by atoms with E-state index in [1.165, 1.54) is 327 Å². The predicted molar refractivity (Wildman–Crippen MR) is 355 cm³/mol. The summed E-state index contributed by atoms with van der Waals surface area (Å²) in [5.74, 6) is -0.177. The molecule has 1 amide bonds. The Hall–Kier alpha value is -1.33. The van der Waals surface area contributed by atoms with Gasteiger partial charge >= 0.3 is 0 Å². The van der Waals surface area contributed by atoms with Crippen LogP contribution in [-0.2, 0) is 14.3 Å². The van der Waals surface area contributed by atoms with Gasteiger partial charge in [0, 0.05) is 6.42 Å². The molecule has 7 unspecified atom stereocenters. The lowest BCUT2D eigenvalue weighted by Gasteiger charge is -2.40. The number of unbranched alkanes of at least 4 members (excludes halogenated alkanes) is 54. The molecule has 0 spiro atoms. The lowest BCUT2D eigenvalue weighted by molar-refractivity contribution is -0.302. The SMILES string of the molecule is CCCCCCCCCCCCCCCCCCCCCCCCCCC/C=C/CC/C=C/C(O)C(COC1OC(CO)C(O)C(O)C1O)NC(=O)CCCCCCCCCCCCCCCCCCCCCCCCCCCCCCC. The van der Waals surface area contributed by atoms with E-state index in [1.54, 1.807) is 6.08 Å². The zero-order chi connectivity index (χ0) is 60.0. The summed E-state index contributed by atoms with van der Waals surface area (Å²) in [6.45, 7) is 3.83. The molecule has 492 valence electrons. The highest BCUT2D eigenvalue weighted by Crippen LogP contribution is 2.24. The Bertz CT molecular complexity index is 1360. The Balaban J connectivity index is 2.11. The maximum absolute atomic E-state index is 13.1. The average molecular weight is 1170 g/mol. The van der Waals surface area contributed by atoms with Crippen molar-refractivity contribution in [2.75, 3.05) is 13.2 Å². The van der Waals surface area contributed by atoms with Crippen LogP contribution >= 0.6 is 0 Å². The Morgan fingerprint density at radius 3 is 1.01 bits per heavy atom. The van der Waals surface area contributed by atoms with Gasteiger partial charge in [0.15, 0.2) is 6.29 Å². The maximum atomic E-state index is 13.1. The van der Waals surface area contributed by atoms with Crippen molar-refractivity contribution >= 4 is 5.91 Å². The molecule has 0 aromatic carbocycles. The molecule has 0 radical (unpaired) electrons. The second kappa shape index (κ2) is 63.7. The van der Waals surface area contributed by atoms with E-state index in [2.05, 4.69) is 31.3 Å². The van der Waals surface area contributed by atoms with Gasteiger partial charge in [-0.15, -0.1) is 0 Å².